The number of nitrogens with zero attached hydrogens (tertiary/aromatic N) is 1. The third-order valence-corrected chi connectivity index (χ3v) is 1.33. The van der Waals surface area contributed by atoms with E-state index in [9.17, 15) is 4.79 Å². The fourth-order valence-corrected chi connectivity index (χ4v) is 0.662. The Morgan fingerprint density at radius 2 is 1.65 bits per heavy atom. The van der Waals surface area contributed by atoms with E-state index in [1.165, 1.54) is 6.34 Å². The van der Waals surface area contributed by atoms with Gasteiger partial charge in [0.2, 0.25) is 5.91 Å². The maximum absolute atomic E-state index is 10.4. The third kappa shape index (κ3) is 44.7. The number of primary amides is 1. The Bertz CT molecular complexity index is 288. The molecule has 0 heterocycles. The van der Waals surface area contributed by atoms with Crippen molar-refractivity contribution in [2.75, 3.05) is 6.54 Å². The van der Waals surface area contributed by atoms with Gasteiger partial charge >= 0.3 is 0 Å². The van der Waals surface area contributed by atoms with E-state index in [1.54, 1.807) is 0 Å². The Labute approximate surface area is 117 Å². The summed E-state index contributed by atoms with van der Waals surface area (Å²) < 4.78 is 0. The summed E-state index contributed by atoms with van der Waals surface area (Å²) in [4.78, 5) is 32.3. The zero-order valence-electron chi connectivity index (χ0n) is 11.6. The van der Waals surface area contributed by atoms with Gasteiger partial charge in [-0.25, -0.2) is 5.84 Å². The molecule has 1 atom stereocenters. The van der Waals surface area contributed by atoms with Gasteiger partial charge in [0.15, 0.2) is 0 Å². The standard InChI is InChI=1S/C6H15N5O.2C2H4O2/c7-5(6(8)12)2-1-3-10-4-11-9;2*1-2(3)4/h4-5H,1-3,7,9H2,(H2,8,12)(H,10,11);2*1H3,(H,3,4)/t5-;;/m0../s1. The van der Waals surface area contributed by atoms with Gasteiger partial charge in [-0.3, -0.25) is 19.4 Å². The highest BCUT2D eigenvalue weighted by atomic mass is 16.4. The fourth-order valence-electron chi connectivity index (χ4n) is 0.662. The molecule has 20 heavy (non-hydrogen) atoms. The third-order valence-electron chi connectivity index (χ3n) is 1.33. The highest BCUT2D eigenvalue weighted by molar-refractivity contribution is 5.79. The molecule has 0 saturated carbocycles. The number of amides is 1. The minimum atomic E-state index is -0.833. The largest absolute Gasteiger partial charge is 0.481 e. The molecule has 0 aliphatic carbocycles. The number of rotatable bonds is 6. The predicted octanol–water partition coefficient (Wildman–Crippen LogP) is -1.75. The molecule has 0 aromatic rings. The summed E-state index contributed by atoms with van der Waals surface area (Å²) in [5, 5.41) is 14.8. The first-order valence-electron chi connectivity index (χ1n) is 5.53. The van der Waals surface area contributed by atoms with Crippen molar-refractivity contribution >= 4 is 24.2 Å². The van der Waals surface area contributed by atoms with Crippen LogP contribution in [0.2, 0.25) is 0 Å². The topological polar surface area (TPSA) is 194 Å². The number of aliphatic carboxylic acids is 2. The molecule has 0 radical (unpaired) electrons. The molecule has 1 amide bonds. The van der Waals surface area contributed by atoms with Crippen molar-refractivity contribution in [1.29, 1.82) is 0 Å². The van der Waals surface area contributed by atoms with Crippen LogP contribution in [0.15, 0.2) is 4.99 Å². The summed E-state index contributed by atoms with van der Waals surface area (Å²) in [6.45, 7) is 2.76. The molecule has 0 aromatic heterocycles. The number of hydrogen-bond acceptors (Lipinski definition) is 6. The van der Waals surface area contributed by atoms with E-state index in [2.05, 4.69) is 10.4 Å². The fraction of sp³-hybridized carbons (Fsp3) is 0.600. The molecule has 0 saturated heterocycles. The average molecular weight is 293 g/mol. The lowest BCUT2D eigenvalue weighted by Crippen LogP contribution is -2.36. The zero-order chi connectivity index (χ0) is 16.6. The van der Waals surface area contributed by atoms with Gasteiger partial charge < -0.3 is 27.1 Å². The number of carboxylic acid groups (broad SMARTS) is 2. The summed E-state index contributed by atoms with van der Waals surface area (Å²) in [5.74, 6) is 2.78. The average Bonchev–Trinajstić information content (AvgIpc) is 2.26. The van der Waals surface area contributed by atoms with Gasteiger partial charge in [-0.2, -0.15) is 0 Å². The number of carboxylic acids is 2. The van der Waals surface area contributed by atoms with Crippen LogP contribution in [0.3, 0.4) is 0 Å². The van der Waals surface area contributed by atoms with Crippen molar-refractivity contribution in [2.24, 2.45) is 22.3 Å². The van der Waals surface area contributed by atoms with Crippen LogP contribution < -0.4 is 22.7 Å². The molecule has 0 spiro atoms. The summed E-state index contributed by atoms with van der Waals surface area (Å²) >= 11 is 0. The zero-order valence-corrected chi connectivity index (χ0v) is 11.6. The van der Waals surface area contributed by atoms with Gasteiger partial charge in [0.25, 0.3) is 11.9 Å². The molecule has 0 unspecified atom stereocenters. The number of nitrogens with one attached hydrogen (secondary N) is 1. The number of carbonyl (C=O) groups excluding carboxylic acids is 1. The first-order chi connectivity index (χ1) is 9.14. The van der Waals surface area contributed by atoms with Crippen LogP contribution in [0.5, 0.6) is 0 Å². The van der Waals surface area contributed by atoms with Crippen LogP contribution in [-0.4, -0.2) is 47.0 Å². The van der Waals surface area contributed by atoms with E-state index in [0.717, 1.165) is 20.3 Å². The Morgan fingerprint density at radius 1 is 1.25 bits per heavy atom. The van der Waals surface area contributed by atoms with E-state index in [-0.39, 0.29) is 0 Å². The van der Waals surface area contributed by atoms with Gasteiger partial charge in [-0.05, 0) is 12.8 Å². The molecule has 9 N–H and O–H groups in total. The SMILES string of the molecule is CC(=O)O.CC(=O)O.NNC=NCCC[C@H](N)C(N)=O. The van der Waals surface area contributed by atoms with E-state index >= 15 is 0 Å². The van der Waals surface area contributed by atoms with Crippen LogP contribution in [0.1, 0.15) is 26.7 Å². The molecule has 0 aromatic carbocycles. The minimum Gasteiger partial charge on any atom is -0.481 e. The number of hydrazine groups is 1. The van der Waals surface area contributed by atoms with Gasteiger partial charge in [0.1, 0.15) is 0 Å². The minimum absolute atomic E-state index is 0.476. The van der Waals surface area contributed by atoms with Crippen molar-refractivity contribution in [1.82, 2.24) is 5.43 Å². The summed E-state index contributed by atoms with van der Waals surface area (Å²) in [6, 6.07) is -0.564. The molecule has 0 bridgehead atoms. The lowest BCUT2D eigenvalue weighted by atomic mass is 10.1. The van der Waals surface area contributed by atoms with Crippen LogP contribution in [0.4, 0.5) is 0 Å². The number of aliphatic imine (C=N–C) groups is 1. The van der Waals surface area contributed by atoms with Crippen LogP contribution in [-0.2, 0) is 14.4 Å². The second kappa shape index (κ2) is 16.8. The Hall–Kier alpha value is -2.20. The smallest absolute Gasteiger partial charge is 0.300 e. The van der Waals surface area contributed by atoms with Crippen molar-refractivity contribution in [3.05, 3.63) is 0 Å². The maximum atomic E-state index is 10.4. The van der Waals surface area contributed by atoms with Gasteiger partial charge in [0.05, 0.1) is 12.4 Å². The number of hydrogen-bond donors (Lipinski definition) is 6. The monoisotopic (exact) mass is 293 g/mol. The predicted molar refractivity (Wildman–Crippen MR) is 73.7 cm³/mol. The van der Waals surface area contributed by atoms with Gasteiger partial charge in [-0.15, -0.1) is 0 Å². The highest BCUT2D eigenvalue weighted by Crippen LogP contribution is 1.93. The van der Waals surface area contributed by atoms with Crippen LogP contribution in [0.25, 0.3) is 0 Å². The van der Waals surface area contributed by atoms with Crippen molar-refractivity contribution in [3.8, 4) is 0 Å². The molecular weight excluding hydrogens is 270 g/mol. The van der Waals surface area contributed by atoms with E-state index in [0.29, 0.717) is 13.0 Å². The summed E-state index contributed by atoms with van der Waals surface area (Å²) in [5.41, 5.74) is 12.6. The molecule has 10 heteroatoms. The lowest BCUT2D eigenvalue weighted by Gasteiger charge is -2.04. The second-order valence-corrected chi connectivity index (χ2v) is 3.39. The van der Waals surface area contributed by atoms with Gasteiger partial charge in [0, 0.05) is 20.4 Å². The quantitative estimate of drug-likeness (QED) is 0.109. The van der Waals surface area contributed by atoms with Crippen molar-refractivity contribution in [3.63, 3.8) is 0 Å². The van der Waals surface area contributed by atoms with Crippen molar-refractivity contribution in [2.45, 2.75) is 32.7 Å². The number of carbonyl (C=O) groups is 3. The molecule has 0 fully saturated rings. The Kier molecular flexibility index (Phi) is 19.3. The summed E-state index contributed by atoms with van der Waals surface area (Å²) in [7, 11) is 0. The first-order valence-corrected chi connectivity index (χ1v) is 5.53. The van der Waals surface area contributed by atoms with Crippen LogP contribution >= 0.6 is 0 Å². The molecule has 118 valence electrons. The van der Waals surface area contributed by atoms with E-state index in [4.69, 9.17) is 37.1 Å². The van der Waals surface area contributed by atoms with E-state index in [1.807, 2.05) is 0 Å². The molecule has 0 rings (SSSR count). The Morgan fingerprint density at radius 3 is 1.95 bits per heavy atom. The molecular formula is C10H23N5O5. The first kappa shape index (κ1) is 22.9. The lowest BCUT2D eigenvalue weighted by molar-refractivity contribution is -0.135. The highest BCUT2D eigenvalue weighted by Gasteiger charge is 2.06. The van der Waals surface area contributed by atoms with Crippen LogP contribution in [0, 0.1) is 0 Å². The number of nitrogens with two attached hydrogens (primary N) is 3. The van der Waals surface area contributed by atoms with E-state index < -0.39 is 23.9 Å². The van der Waals surface area contributed by atoms with Crippen molar-refractivity contribution < 1.29 is 24.6 Å². The molecule has 10 nitrogen and oxygen atoms in total. The second-order valence-electron chi connectivity index (χ2n) is 3.39. The molecule has 0 aliphatic heterocycles. The maximum Gasteiger partial charge on any atom is 0.300 e. The van der Waals surface area contributed by atoms with Gasteiger partial charge in [-0.1, -0.05) is 0 Å². The summed E-state index contributed by atoms with van der Waals surface area (Å²) in [6.07, 6.45) is 2.66. The normalized spacial score (nSPS) is 10.4. The Balaban J connectivity index is -0.000000297. The molecule has 0 aliphatic rings.